The van der Waals surface area contributed by atoms with Gasteiger partial charge in [0.2, 0.25) is 5.82 Å². The Hall–Kier alpha value is -3.85. The third-order valence-corrected chi connectivity index (χ3v) is 3.85. The van der Waals surface area contributed by atoms with Crippen molar-refractivity contribution in [1.29, 1.82) is 0 Å². The number of benzene rings is 2. The van der Waals surface area contributed by atoms with E-state index in [-0.39, 0.29) is 5.75 Å². The Morgan fingerprint density at radius 1 is 0.962 bits per heavy atom. The van der Waals surface area contributed by atoms with Crippen LogP contribution in [0.5, 0.6) is 5.75 Å². The number of phenols is 1. The molecular formula is C20H15N5O. The van der Waals surface area contributed by atoms with Crippen molar-refractivity contribution in [1.82, 2.24) is 19.5 Å². The molecule has 2 heterocycles. The van der Waals surface area contributed by atoms with Gasteiger partial charge in [-0.15, -0.1) is 0 Å². The zero-order chi connectivity index (χ0) is 17.9. The van der Waals surface area contributed by atoms with Crippen molar-refractivity contribution in [3.8, 4) is 23.3 Å². The Kier molecular flexibility index (Phi) is 3.96. The van der Waals surface area contributed by atoms with Crippen LogP contribution in [0.25, 0.3) is 16.9 Å². The second-order valence-corrected chi connectivity index (χ2v) is 5.57. The molecule has 0 unspecified atom stereocenters. The van der Waals surface area contributed by atoms with Crippen LogP contribution in [0.4, 0.5) is 5.82 Å². The zero-order valence-electron chi connectivity index (χ0n) is 14.0. The summed E-state index contributed by atoms with van der Waals surface area (Å²) in [6, 6.07) is 16.5. The summed E-state index contributed by atoms with van der Waals surface area (Å²) in [6.07, 6.45) is 1.68. The van der Waals surface area contributed by atoms with Crippen molar-refractivity contribution in [3.05, 3.63) is 72.3 Å². The van der Waals surface area contributed by atoms with Crippen LogP contribution in [-0.4, -0.2) is 31.7 Å². The van der Waals surface area contributed by atoms with Gasteiger partial charge in [0.15, 0.2) is 17.0 Å². The summed E-state index contributed by atoms with van der Waals surface area (Å²) in [4.78, 5) is 13.4. The van der Waals surface area contributed by atoms with Gasteiger partial charge < -0.3 is 10.4 Å². The zero-order valence-corrected chi connectivity index (χ0v) is 14.0. The fraction of sp³-hybridized carbons (Fsp3) is 0.0500. The molecule has 0 aliphatic heterocycles. The molecule has 2 N–H and O–H groups in total. The first-order valence-corrected chi connectivity index (χ1v) is 8.04. The third-order valence-electron chi connectivity index (χ3n) is 3.85. The molecule has 0 saturated carbocycles. The Morgan fingerprint density at radius 3 is 2.46 bits per heavy atom. The first-order valence-electron chi connectivity index (χ1n) is 8.04. The van der Waals surface area contributed by atoms with E-state index < -0.39 is 0 Å². The summed E-state index contributed by atoms with van der Waals surface area (Å²) in [5, 5.41) is 12.5. The van der Waals surface area contributed by atoms with Crippen molar-refractivity contribution in [2.24, 2.45) is 0 Å². The lowest BCUT2D eigenvalue weighted by Gasteiger charge is -2.05. The minimum Gasteiger partial charge on any atom is -0.508 e. The molecule has 4 rings (SSSR count). The Balaban J connectivity index is 1.84. The smallest absolute Gasteiger partial charge is 0.209 e. The van der Waals surface area contributed by atoms with Crippen LogP contribution in [-0.2, 0) is 0 Å². The van der Waals surface area contributed by atoms with Gasteiger partial charge in [-0.05, 0) is 42.3 Å². The minimum absolute atomic E-state index is 0.207. The number of imidazole rings is 1. The van der Waals surface area contributed by atoms with Crippen molar-refractivity contribution >= 4 is 17.0 Å². The number of nitrogens with zero attached hydrogens (tertiary/aromatic N) is 4. The number of hydrogen-bond acceptors (Lipinski definition) is 5. The SMILES string of the molecule is CNc1nc(C#Cc2ccccc2)nc2c1ncn2-c1ccc(O)cc1. The molecular weight excluding hydrogens is 326 g/mol. The van der Waals surface area contributed by atoms with E-state index in [2.05, 4.69) is 32.1 Å². The maximum absolute atomic E-state index is 9.49. The number of hydrogen-bond donors (Lipinski definition) is 2. The van der Waals surface area contributed by atoms with Gasteiger partial charge in [-0.1, -0.05) is 24.1 Å². The molecule has 0 atom stereocenters. The van der Waals surface area contributed by atoms with Crippen LogP contribution in [0.15, 0.2) is 60.9 Å². The molecule has 0 spiro atoms. The standard InChI is InChI=1S/C20H15N5O/c1-21-19-18-20(25(13-22-18)15-8-10-16(26)11-9-15)24-17(23-19)12-7-14-5-3-2-4-6-14/h2-6,8-11,13,26H,1H3,(H,21,23,24). The van der Waals surface area contributed by atoms with Crippen LogP contribution < -0.4 is 5.32 Å². The van der Waals surface area contributed by atoms with Gasteiger partial charge >= 0.3 is 0 Å². The lowest BCUT2D eigenvalue weighted by molar-refractivity contribution is 0.475. The topological polar surface area (TPSA) is 75.9 Å². The number of phenolic OH excluding ortho intramolecular Hbond substituents is 1. The first kappa shape index (κ1) is 15.7. The van der Waals surface area contributed by atoms with Crippen molar-refractivity contribution in [2.75, 3.05) is 12.4 Å². The highest BCUT2D eigenvalue weighted by Crippen LogP contribution is 2.22. The molecule has 0 aliphatic rings. The highest BCUT2D eigenvalue weighted by molar-refractivity contribution is 5.84. The molecule has 26 heavy (non-hydrogen) atoms. The number of aromatic hydroxyl groups is 1. The van der Waals surface area contributed by atoms with E-state index in [0.717, 1.165) is 11.3 Å². The molecule has 2 aromatic carbocycles. The molecule has 6 heteroatoms. The maximum atomic E-state index is 9.49. The Morgan fingerprint density at radius 2 is 1.73 bits per heavy atom. The van der Waals surface area contributed by atoms with Crippen molar-refractivity contribution in [3.63, 3.8) is 0 Å². The molecule has 0 bridgehead atoms. The highest BCUT2D eigenvalue weighted by atomic mass is 16.3. The Labute approximate surface area is 150 Å². The van der Waals surface area contributed by atoms with Crippen molar-refractivity contribution < 1.29 is 5.11 Å². The van der Waals surface area contributed by atoms with Crippen LogP contribution in [0.1, 0.15) is 11.4 Å². The van der Waals surface area contributed by atoms with Crippen molar-refractivity contribution in [2.45, 2.75) is 0 Å². The highest BCUT2D eigenvalue weighted by Gasteiger charge is 2.12. The largest absolute Gasteiger partial charge is 0.508 e. The number of nitrogens with one attached hydrogen (secondary N) is 1. The second kappa shape index (κ2) is 6.57. The normalized spacial score (nSPS) is 10.3. The predicted octanol–water partition coefficient (Wildman–Crippen LogP) is 2.96. The van der Waals surface area contributed by atoms with E-state index in [4.69, 9.17) is 0 Å². The number of fused-ring (bicyclic) bond motifs is 1. The summed E-state index contributed by atoms with van der Waals surface area (Å²) in [5.41, 5.74) is 3.04. The fourth-order valence-corrected chi connectivity index (χ4v) is 2.58. The summed E-state index contributed by atoms with van der Waals surface area (Å²) in [7, 11) is 1.79. The lowest BCUT2D eigenvalue weighted by atomic mass is 10.2. The van der Waals surface area contributed by atoms with E-state index >= 15 is 0 Å². The van der Waals surface area contributed by atoms with Crippen LogP contribution in [0, 0.1) is 11.8 Å². The van der Waals surface area contributed by atoms with E-state index in [1.54, 1.807) is 37.6 Å². The summed E-state index contributed by atoms with van der Waals surface area (Å²) in [5.74, 6) is 7.31. The minimum atomic E-state index is 0.207. The fourth-order valence-electron chi connectivity index (χ4n) is 2.58. The van der Waals surface area contributed by atoms with Gasteiger partial charge in [0.25, 0.3) is 0 Å². The monoisotopic (exact) mass is 341 g/mol. The van der Waals surface area contributed by atoms with E-state index in [9.17, 15) is 5.11 Å². The third kappa shape index (κ3) is 2.94. The summed E-state index contributed by atoms with van der Waals surface area (Å²) >= 11 is 0. The van der Waals surface area contributed by atoms with Crippen LogP contribution in [0.2, 0.25) is 0 Å². The van der Waals surface area contributed by atoms with Gasteiger partial charge in [-0.2, -0.15) is 0 Å². The number of aromatic nitrogens is 4. The van der Waals surface area contributed by atoms with Gasteiger partial charge in [-0.25, -0.2) is 15.0 Å². The first-order chi connectivity index (χ1) is 12.7. The van der Waals surface area contributed by atoms with E-state index in [1.807, 2.05) is 34.9 Å². The number of anilines is 1. The van der Waals surface area contributed by atoms with E-state index in [1.165, 1.54) is 0 Å². The molecule has 0 radical (unpaired) electrons. The maximum Gasteiger partial charge on any atom is 0.209 e. The van der Waals surface area contributed by atoms with Gasteiger partial charge in [-0.3, -0.25) is 4.57 Å². The van der Waals surface area contributed by atoms with Crippen LogP contribution in [0.3, 0.4) is 0 Å². The summed E-state index contributed by atoms with van der Waals surface area (Å²) in [6.45, 7) is 0. The Bertz CT molecular complexity index is 1120. The lowest BCUT2D eigenvalue weighted by Crippen LogP contribution is -2.01. The van der Waals surface area contributed by atoms with Crippen LogP contribution >= 0.6 is 0 Å². The quantitative estimate of drug-likeness (QED) is 0.548. The molecule has 0 saturated heterocycles. The molecule has 0 amide bonds. The van der Waals surface area contributed by atoms with E-state index in [0.29, 0.717) is 22.8 Å². The molecule has 6 nitrogen and oxygen atoms in total. The average Bonchev–Trinajstić information content (AvgIpc) is 3.11. The molecule has 0 aliphatic carbocycles. The summed E-state index contributed by atoms with van der Waals surface area (Å²) < 4.78 is 1.84. The predicted molar refractivity (Wildman–Crippen MR) is 100 cm³/mol. The molecule has 0 fully saturated rings. The average molecular weight is 341 g/mol. The molecule has 4 aromatic rings. The van der Waals surface area contributed by atoms with Gasteiger partial charge in [0.1, 0.15) is 12.1 Å². The second-order valence-electron chi connectivity index (χ2n) is 5.57. The molecule has 126 valence electrons. The van der Waals surface area contributed by atoms with Gasteiger partial charge in [0, 0.05) is 18.3 Å². The molecule has 2 aromatic heterocycles. The van der Waals surface area contributed by atoms with Gasteiger partial charge in [0.05, 0.1) is 0 Å². The number of rotatable bonds is 2.